The van der Waals surface area contributed by atoms with Crippen molar-refractivity contribution in [1.82, 2.24) is 10.2 Å². The van der Waals surface area contributed by atoms with E-state index in [9.17, 15) is 4.79 Å². The van der Waals surface area contributed by atoms with Crippen molar-refractivity contribution in [1.29, 1.82) is 0 Å². The minimum absolute atomic E-state index is 0.173. The van der Waals surface area contributed by atoms with Crippen LogP contribution in [0.3, 0.4) is 0 Å². The SMILES string of the molecule is Nc1ccc(C(=O)CN2CCCNCC2)cc1. The van der Waals surface area contributed by atoms with Crippen molar-refractivity contribution in [2.24, 2.45) is 0 Å². The number of anilines is 1. The first kappa shape index (κ1) is 12.1. The second kappa shape index (κ2) is 5.80. The van der Waals surface area contributed by atoms with Gasteiger partial charge in [-0.1, -0.05) is 0 Å². The van der Waals surface area contributed by atoms with Gasteiger partial charge < -0.3 is 11.1 Å². The van der Waals surface area contributed by atoms with E-state index in [2.05, 4.69) is 10.2 Å². The summed E-state index contributed by atoms with van der Waals surface area (Å²) in [5, 5.41) is 3.33. The number of ketones is 1. The fourth-order valence-electron chi connectivity index (χ4n) is 2.02. The van der Waals surface area contributed by atoms with Crippen LogP contribution in [0.1, 0.15) is 16.8 Å². The highest BCUT2D eigenvalue weighted by Gasteiger charge is 2.13. The molecule has 4 heteroatoms. The highest BCUT2D eigenvalue weighted by Crippen LogP contribution is 2.07. The molecule has 1 saturated heterocycles. The average molecular weight is 233 g/mol. The van der Waals surface area contributed by atoms with Crippen LogP contribution in [-0.4, -0.2) is 43.4 Å². The lowest BCUT2D eigenvalue weighted by Crippen LogP contribution is -2.33. The van der Waals surface area contributed by atoms with Gasteiger partial charge in [0.1, 0.15) is 0 Å². The number of nitrogen functional groups attached to an aromatic ring is 1. The normalized spacial score (nSPS) is 17.6. The van der Waals surface area contributed by atoms with Gasteiger partial charge in [-0.25, -0.2) is 0 Å². The molecular formula is C13H19N3O. The van der Waals surface area contributed by atoms with Crippen LogP contribution in [0, 0.1) is 0 Å². The zero-order valence-corrected chi connectivity index (χ0v) is 9.98. The van der Waals surface area contributed by atoms with Gasteiger partial charge in [0, 0.05) is 24.3 Å². The van der Waals surface area contributed by atoms with E-state index in [1.807, 2.05) is 0 Å². The van der Waals surface area contributed by atoms with Crippen LogP contribution in [0.25, 0.3) is 0 Å². The maximum atomic E-state index is 12.0. The molecule has 17 heavy (non-hydrogen) atoms. The molecule has 0 aromatic heterocycles. The Labute approximate surface area is 102 Å². The molecule has 1 fully saturated rings. The molecule has 1 aromatic carbocycles. The fraction of sp³-hybridized carbons (Fsp3) is 0.462. The van der Waals surface area contributed by atoms with Gasteiger partial charge in [-0.2, -0.15) is 0 Å². The van der Waals surface area contributed by atoms with Gasteiger partial charge in [-0.15, -0.1) is 0 Å². The van der Waals surface area contributed by atoms with Crippen LogP contribution in [0.5, 0.6) is 0 Å². The van der Waals surface area contributed by atoms with Crippen LogP contribution < -0.4 is 11.1 Å². The van der Waals surface area contributed by atoms with Crippen molar-refractivity contribution >= 4 is 11.5 Å². The topological polar surface area (TPSA) is 58.4 Å². The number of nitrogens with one attached hydrogen (secondary N) is 1. The monoisotopic (exact) mass is 233 g/mol. The number of Topliss-reactive ketones (excluding diaryl/α,β-unsaturated/α-hetero) is 1. The first-order valence-electron chi connectivity index (χ1n) is 6.07. The summed E-state index contributed by atoms with van der Waals surface area (Å²) in [6, 6.07) is 7.15. The molecule has 0 spiro atoms. The summed E-state index contributed by atoms with van der Waals surface area (Å²) in [5.74, 6) is 0.173. The number of carbonyl (C=O) groups is 1. The molecule has 0 amide bonds. The van der Waals surface area contributed by atoms with Crippen molar-refractivity contribution in [3.63, 3.8) is 0 Å². The fourth-order valence-corrected chi connectivity index (χ4v) is 2.02. The van der Waals surface area contributed by atoms with Gasteiger partial charge >= 0.3 is 0 Å². The first-order chi connectivity index (χ1) is 8.25. The molecule has 0 saturated carbocycles. The minimum atomic E-state index is 0.173. The van der Waals surface area contributed by atoms with Crippen molar-refractivity contribution in [3.8, 4) is 0 Å². The van der Waals surface area contributed by atoms with Crippen LogP contribution in [-0.2, 0) is 0 Å². The molecule has 1 aromatic rings. The maximum absolute atomic E-state index is 12.0. The number of benzene rings is 1. The van der Waals surface area contributed by atoms with Crippen molar-refractivity contribution < 1.29 is 4.79 Å². The highest BCUT2D eigenvalue weighted by molar-refractivity contribution is 5.97. The van der Waals surface area contributed by atoms with E-state index in [0.717, 1.165) is 38.2 Å². The van der Waals surface area contributed by atoms with E-state index in [1.54, 1.807) is 24.3 Å². The summed E-state index contributed by atoms with van der Waals surface area (Å²) >= 11 is 0. The Morgan fingerprint density at radius 2 is 2.00 bits per heavy atom. The van der Waals surface area contributed by atoms with Crippen LogP contribution in [0.2, 0.25) is 0 Å². The molecule has 4 nitrogen and oxygen atoms in total. The van der Waals surface area contributed by atoms with Crippen molar-refractivity contribution in [2.75, 3.05) is 38.5 Å². The van der Waals surface area contributed by atoms with Gasteiger partial charge in [-0.05, 0) is 43.8 Å². The molecule has 1 aliphatic rings. The van der Waals surface area contributed by atoms with E-state index in [4.69, 9.17) is 5.73 Å². The summed E-state index contributed by atoms with van der Waals surface area (Å²) in [6.07, 6.45) is 1.11. The van der Waals surface area contributed by atoms with Crippen molar-refractivity contribution in [2.45, 2.75) is 6.42 Å². The molecule has 1 aliphatic heterocycles. The quantitative estimate of drug-likeness (QED) is 0.597. The zero-order valence-electron chi connectivity index (χ0n) is 9.98. The molecule has 3 N–H and O–H groups in total. The third-order valence-corrected chi connectivity index (χ3v) is 3.03. The number of hydrogen-bond donors (Lipinski definition) is 2. The molecule has 92 valence electrons. The predicted molar refractivity (Wildman–Crippen MR) is 69.1 cm³/mol. The molecule has 2 rings (SSSR count). The zero-order chi connectivity index (χ0) is 12.1. The summed E-state index contributed by atoms with van der Waals surface area (Å²) in [5.41, 5.74) is 7.04. The molecule has 0 bridgehead atoms. The van der Waals surface area contributed by atoms with Gasteiger partial charge in [0.2, 0.25) is 0 Å². The second-order valence-corrected chi connectivity index (χ2v) is 4.42. The van der Waals surface area contributed by atoms with E-state index in [-0.39, 0.29) is 5.78 Å². The van der Waals surface area contributed by atoms with E-state index in [0.29, 0.717) is 12.2 Å². The van der Waals surface area contributed by atoms with E-state index in [1.165, 1.54) is 0 Å². The van der Waals surface area contributed by atoms with Crippen LogP contribution >= 0.6 is 0 Å². The Balaban J connectivity index is 1.93. The summed E-state index contributed by atoms with van der Waals surface area (Å²) < 4.78 is 0. The molecule has 0 radical (unpaired) electrons. The maximum Gasteiger partial charge on any atom is 0.176 e. The summed E-state index contributed by atoms with van der Waals surface area (Å²) in [6.45, 7) is 4.46. The average Bonchev–Trinajstić information content (AvgIpc) is 2.58. The Kier molecular flexibility index (Phi) is 4.12. The van der Waals surface area contributed by atoms with Crippen LogP contribution in [0.4, 0.5) is 5.69 Å². The largest absolute Gasteiger partial charge is 0.399 e. The second-order valence-electron chi connectivity index (χ2n) is 4.42. The van der Waals surface area contributed by atoms with Crippen molar-refractivity contribution in [3.05, 3.63) is 29.8 Å². The lowest BCUT2D eigenvalue weighted by atomic mass is 10.1. The number of rotatable bonds is 3. The number of hydrogen-bond acceptors (Lipinski definition) is 4. The van der Waals surface area contributed by atoms with Gasteiger partial charge in [-0.3, -0.25) is 9.69 Å². The summed E-state index contributed by atoms with van der Waals surface area (Å²) in [4.78, 5) is 14.2. The van der Waals surface area contributed by atoms with Gasteiger partial charge in [0.25, 0.3) is 0 Å². The lowest BCUT2D eigenvalue weighted by molar-refractivity contribution is 0.0935. The summed E-state index contributed by atoms with van der Waals surface area (Å²) in [7, 11) is 0. The third-order valence-electron chi connectivity index (χ3n) is 3.03. The van der Waals surface area contributed by atoms with Gasteiger partial charge in [0.05, 0.1) is 6.54 Å². The Morgan fingerprint density at radius 3 is 2.76 bits per heavy atom. The highest BCUT2D eigenvalue weighted by atomic mass is 16.1. The van der Waals surface area contributed by atoms with Crippen LogP contribution in [0.15, 0.2) is 24.3 Å². The molecule has 0 atom stereocenters. The Morgan fingerprint density at radius 1 is 1.24 bits per heavy atom. The predicted octanol–water partition coefficient (Wildman–Crippen LogP) is 0.747. The number of nitrogens with zero attached hydrogens (tertiary/aromatic N) is 1. The molecule has 0 aliphatic carbocycles. The molecule has 1 heterocycles. The minimum Gasteiger partial charge on any atom is -0.399 e. The number of nitrogens with two attached hydrogens (primary N) is 1. The standard InChI is InChI=1S/C13H19N3O/c14-12-4-2-11(3-5-12)13(17)10-16-8-1-6-15-7-9-16/h2-5,15H,1,6-10,14H2. The Bertz CT molecular complexity index is 367. The van der Waals surface area contributed by atoms with Gasteiger partial charge in [0.15, 0.2) is 5.78 Å². The third kappa shape index (κ3) is 3.54. The smallest absolute Gasteiger partial charge is 0.176 e. The molecular weight excluding hydrogens is 214 g/mol. The Hall–Kier alpha value is -1.39. The molecule has 0 unspecified atom stereocenters. The van der Waals surface area contributed by atoms with E-state index < -0.39 is 0 Å². The lowest BCUT2D eigenvalue weighted by Gasteiger charge is -2.18. The first-order valence-corrected chi connectivity index (χ1v) is 6.07. The van der Waals surface area contributed by atoms with E-state index >= 15 is 0 Å². The number of carbonyl (C=O) groups excluding carboxylic acids is 1.